The van der Waals surface area contributed by atoms with Gasteiger partial charge in [-0.3, -0.25) is 0 Å². The molecule has 0 radical (unpaired) electrons. The van der Waals surface area contributed by atoms with Gasteiger partial charge in [0.15, 0.2) is 0 Å². The lowest BCUT2D eigenvalue weighted by atomic mass is 10.1. The van der Waals surface area contributed by atoms with Crippen molar-refractivity contribution >= 4 is 39.6 Å². The third kappa shape index (κ3) is 2.62. The van der Waals surface area contributed by atoms with Gasteiger partial charge in [-0.15, -0.1) is 0 Å². The van der Waals surface area contributed by atoms with E-state index in [9.17, 15) is 4.79 Å². The number of thioether (sulfide) groups is 1. The summed E-state index contributed by atoms with van der Waals surface area (Å²) in [5.74, 6) is 0.958. The van der Waals surface area contributed by atoms with Gasteiger partial charge in [-0.25, -0.2) is 9.79 Å². The van der Waals surface area contributed by atoms with Crippen LogP contribution >= 0.6 is 27.7 Å². The second kappa shape index (κ2) is 5.05. The van der Waals surface area contributed by atoms with E-state index in [1.807, 2.05) is 32.2 Å². The molecule has 0 bridgehead atoms. The molecule has 0 aliphatic carbocycles. The minimum atomic E-state index is -0.329. The standard InChI is InChI=1S/C13H14BrNO2S/c1-13(2,7-18-3)15-11-10-8(12(16)17-11)5-4-6-9(10)14/h4-6H,7H2,1-3H3. The Morgan fingerprint density at radius 1 is 1.44 bits per heavy atom. The van der Waals surface area contributed by atoms with Gasteiger partial charge in [0, 0.05) is 10.2 Å². The fourth-order valence-corrected chi connectivity index (χ4v) is 3.15. The fraction of sp³-hybridized carbons (Fsp3) is 0.385. The molecular weight excluding hydrogens is 314 g/mol. The molecule has 0 saturated carbocycles. The minimum absolute atomic E-state index is 0.258. The van der Waals surface area contributed by atoms with Crippen LogP contribution in [0.15, 0.2) is 27.7 Å². The number of rotatable bonds is 3. The van der Waals surface area contributed by atoms with Crippen molar-refractivity contribution in [2.45, 2.75) is 19.4 Å². The van der Waals surface area contributed by atoms with E-state index >= 15 is 0 Å². The number of benzene rings is 1. The summed E-state index contributed by atoms with van der Waals surface area (Å²) in [7, 11) is 0. The molecule has 0 spiro atoms. The van der Waals surface area contributed by atoms with Crippen LogP contribution in [0.2, 0.25) is 0 Å². The summed E-state index contributed by atoms with van der Waals surface area (Å²) >= 11 is 5.16. The Morgan fingerprint density at radius 3 is 2.83 bits per heavy atom. The van der Waals surface area contributed by atoms with Gasteiger partial charge >= 0.3 is 5.97 Å². The van der Waals surface area contributed by atoms with Crippen LogP contribution in [0.25, 0.3) is 0 Å². The normalized spacial score (nSPS) is 16.9. The summed E-state index contributed by atoms with van der Waals surface area (Å²) in [5.41, 5.74) is 1.08. The minimum Gasteiger partial charge on any atom is -0.403 e. The van der Waals surface area contributed by atoms with Crippen molar-refractivity contribution in [2.75, 3.05) is 12.0 Å². The number of esters is 1. The first kappa shape index (κ1) is 13.6. The molecule has 1 aliphatic rings. The first-order chi connectivity index (χ1) is 8.44. The van der Waals surface area contributed by atoms with Gasteiger partial charge in [-0.2, -0.15) is 11.8 Å². The fourth-order valence-electron chi connectivity index (χ4n) is 1.84. The van der Waals surface area contributed by atoms with Crippen molar-refractivity contribution < 1.29 is 9.53 Å². The zero-order valence-corrected chi connectivity index (χ0v) is 12.9. The average molecular weight is 328 g/mol. The van der Waals surface area contributed by atoms with Crippen LogP contribution in [0.4, 0.5) is 0 Å². The first-order valence-corrected chi connectivity index (χ1v) is 7.73. The second-order valence-corrected chi connectivity index (χ2v) is 6.43. The Labute approximate surface area is 119 Å². The summed E-state index contributed by atoms with van der Waals surface area (Å²) in [6.45, 7) is 4.05. The van der Waals surface area contributed by atoms with E-state index in [1.54, 1.807) is 17.8 Å². The Balaban J connectivity index is 2.46. The van der Waals surface area contributed by atoms with Crippen molar-refractivity contribution in [3.8, 4) is 0 Å². The molecule has 1 aromatic carbocycles. The SMILES string of the molecule is CSCC(C)(C)N=C1OC(=O)c2cccc(Br)c21. The van der Waals surface area contributed by atoms with Crippen LogP contribution < -0.4 is 0 Å². The lowest BCUT2D eigenvalue weighted by Crippen LogP contribution is -2.23. The molecule has 0 saturated heterocycles. The van der Waals surface area contributed by atoms with Gasteiger partial charge in [0.1, 0.15) is 0 Å². The van der Waals surface area contributed by atoms with Crippen LogP contribution in [0.1, 0.15) is 29.8 Å². The van der Waals surface area contributed by atoms with E-state index in [4.69, 9.17) is 4.74 Å². The van der Waals surface area contributed by atoms with Crippen LogP contribution in [-0.2, 0) is 4.74 Å². The highest BCUT2D eigenvalue weighted by Gasteiger charge is 2.31. The van der Waals surface area contributed by atoms with Gasteiger partial charge in [-0.05, 0) is 48.2 Å². The van der Waals surface area contributed by atoms with E-state index in [1.165, 1.54) is 0 Å². The zero-order valence-electron chi connectivity index (χ0n) is 10.5. The monoisotopic (exact) mass is 327 g/mol. The van der Waals surface area contributed by atoms with Crippen molar-refractivity contribution in [1.29, 1.82) is 0 Å². The van der Waals surface area contributed by atoms with Crippen LogP contribution in [0.5, 0.6) is 0 Å². The Morgan fingerprint density at radius 2 is 2.17 bits per heavy atom. The number of halogens is 1. The first-order valence-electron chi connectivity index (χ1n) is 5.54. The summed E-state index contributed by atoms with van der Waals surface area (Å²) in [6.07, 6.45) is 2.03. The Kier molecular flexibility index (Phi) is 3.82. The molecule has 96 valence electrons. The molecule has 2 rings (SSSR count). The lowest BCUT2D eigenvalue weighted by molar-refractivity contribution is 0.0736. The third-order valence-electron chi connectivity index (χ3n) is 2.54. The van der Waals surface area contributed by atoms with Crippen molar-refractivity contribution in [2.24, 2.45) is 4.99 Å². The lowest BCUT2D eigenvalue weighted by Gasteiger charge is -2.18. The molecule has 0 aromatic heterocycles. The number of hydrogen-bond acceptors (Lipinski definition) is 4. The topological polar surface area (TPSA) is 38.7 Å². The average Bonchev–Trinajstić information content (AvgIpc) is 2.56. The smallest absolute Gasteiger partial charge is 0.345 e. The molecule has 0 atom stereocenters. The van der Waals surface area contributed by atoms with Crippen LogP contribution in [-0.4, -0.2) is 29.4 Å². The molecule has 0 N–H and O–H groups in total. The molecule has 1 heterocycles. The molecule has 1 aliphatic heterocycles. The van der Waals surface area contributed by atoms with Gasteiger partial charge in [0.2, 0.25) is 5.90 Å². The molecule has 1 aromatic rings. The quantitative estimate of drug-likeness (QED) is 0.797. The Hall–Kier alpha value is -0.810. The highest BCUT2D eigenvalue weighted by molar-refractivity contribution is 9.10. The van der Waals surface area contributed by atoms with Crippen LogP contribution in [0.3, 0.4) is 0 Å². The molecular formula is C13H14BrNO2S. The summed E-state index contributed by atoms with van der Waals surface area (Å²) in [5, 5.41) is 0. The number of hydrogen-bond donors (Lipinski definition) is 0. The molecule has 0 unspecified atom stereocenters. The highest BCUT2D eigenvalue weighted by Crippen LogP contribution is 2.29. The van der Waals surface area contributed by atoms with Crippen molar-refractivity contribution in [1.82, 2.24) is 0 Å². The predicted molar refractivity (Wildman–Crippen MR) is 78.6 cm³/mol. The second-order valence-electron chi connectivity index (χ2n) is 4.71. The number of carbonyl (C=O) groups is 1. The van der Waals surface area contributed by atoms with E-state index in [-0.39, 0.29) is 11.5 Å². The molecule has 5 heteroatoms. The summed E-state index contributed by atoms with van der Waals surface area (Å²) in [6, 6.07) is 5.46. The maximum Gasteiger partial charge on any atom is 0.345 e. The number of cyclic esters (lactones) is 1. The van der Waals surface area contributed by atoms with E-state index < -0.39 is 0 Å². The number of nitrogens with zero attached hydrogens (tertiary/aromatic N) is 1. The van der Waals surface area contributed by atoms with Gasteiger partial charge < -0.3 is 4.74 Å². The van der Waals surface area contributed by atoms with Gasteiger partial charge in [0.25, 0.3) is 0 Å². The summed E-state index contributed by atoms with van der Waals surface area (Å²) < 4.78 is 6.10. The maximum absolute atomic E-state index is 11.7. The number of aliphatic imine (C=N–C) groups is 1. The number of ether oxygens (including phenoxy) is 1. The van der Waals surface area contributed by atoms with Crippen molar-refractivity contribution in [3.05, 3.63) is 33.8 Å². The van der Waals surface area contributed by atoms with E-state index in [0.717, 1.165) is 15.8 Å². The molecule has 3 nitrogen and oxygen atoms in total. The van der Waals surface area contributed by atoms with E-state index in [2.05, 4.69) is 20.9 Å². The molecule has 18 heavy (non-hydrogen) atoms. The maximum atomic E-state index is 11.7. The molecule has 0 amide bonds. The Bertz CT molecular complexity index is 526. The third-order valence-corrected chi connectivity index (χ3v) is 4.19. The number of fused-ring (bicyclic) bond motifs is 1. The predicted octanol–water partition coefficient (Wildman–Crippen LogP) is 3.51. The van der Waals surface area contributed by atoms with Crippen LogP contribution in [0, 0.1) is 0 Å². The van der Waals surface area contributed by atoms with Gasteiger partial charge in [-0.1, -0.05) is 6.07 Å². The van der Waals surface area contributed by atoms with Gasteiger partial charge in [0.05, 0.1) is 16.7 Å². The van der Waals surface area contributed by atoms with Crippen molar-refractivity contribution in [3.63, 3.8) is 0 Å². The highest BCUT2D eigenvalue weighted by atomic mass is 79.9. The largest absolute Gasteiger partial charge is 0.403 e. The van der Waals surface area contributed by atoms with E-state index in [0.29, 0.717) is 11.5 Å². The zero-order chi connectivity index (χ0) is 13.3. The number of carbonyl (C=O) groups excluding carboxylic acids is 1. The summed E-state index contributed by atoms with van der Waals surface area (Å²) in [4.78, 5) is 16.3. The molecule has 0 fully saturated rings.